The van der Waals surface area contributed by atoms with Gasteiger partial charge in [0.1, 0.15) is 12.0 Å². The van der Waals surface area contributed by atoms with Gasteiger partial charge in [0.05, 0.1) is 10.7 Å². The summed E-state index contributed by atoms with van der Waals surface area (Å²) in [6, 6.07) is 5.05. The molecule has 0 aliphatic heterocycles. The van der Waals surface area contributed by atoms with Crippen LogP contribution in [-0.2, 0) is 0 Å². The molecule has 1 heterocycles. The van der Waals surface area contributed by atoms with Crippen molar-refractivity contribution in [1.29, 1.82) is 0 Å². The van der Waals surface area contributed by atoms with Crippen LogP contribution in [0.3, 0.4) is 0 Å². The highest BCUT2D eigenvalue weighted by molar-refractivity contribution is 6.35. The van der Waals surface area contributed by atoms with Crippen LogP contribution in [0.2, 0.25) is 10.0 Å². The van der Waals surface area contributed by atoms with Crippen molar-refractivity contribution in [3.05, 3.63) is 46.5 Å². The number of hydrogen-bond donors (Lipinski definition) is 1. The first-order chi connectivity index (χ1) is 7.58. The van der Waals surface area contributed by atoms with Gasteiger partial charge in [0, 0.05) is 11.2 Å². The van der Waals surface area contributed by atoms with Crippen LogP contribution in [0.15, 0.2) is 30.7 Å². The van der Waals surface area contributed by atoms with Gasteiger partial charge >= 0.3 is 0 Å². The minimum absolute atomic E-state index is 0.186. The van der Waals surface area contributed by atoms with E-state index in [1.807, 2.05) is 0 Å². The Kier molecular flexibility index (Phi) is 2.85. The first-order valence-corrected chi connectivity index (χ1v) is 5.13. The molecule has 0 fully saturated rings. The Morgan fingerprint density at radius 2 is 2.12 bits per heavy atom. The topological polar surface area (TPSA) is 60.9 Å². The summed E-state index contributed by atoms with van der Waals surface area (Å²) in [7, 11) is 0. The van der Waals surface area contributed by atoms with Crippen LogP contribution in [0.1, 0.15) is 10.5 Å². The number of carbonyl (C=O) groups excluding carboxylic acids is 1. The predicted octanol–water partition coefficient (Wildman–Crippen LogP) is 2.28. The number of halogens is 2. The molecule has 82 valence electrons. The second-order valence-corrected chi connectivity index (χ2v) is 3.97. The fourth-order valence-corrected chi connectivity index (χ4v) is 1.78. The molecule has 0 spiro atoms. The van der Waals surface area contributed by atoms with Crippen LogP contribution in [0.4, 0.5) is 0 Å². The van der Waals surface area contributed by atoms with Gasteiger partial charge in [-0.3, -0.25) is 4.79 Å². The van der Waals surface area contributed by atoms with Crippen LogP contribution in [0.5, 0.6) is 0 Å². The van der Waals surface area contributed by atoms with Crippen LogP contribution in [-0.4, -0.2) is 15.5 Å². The molecule has 0 saturated carbocycles. The smallest absolute Gasteiger partial charge is 0.268 e. The van der Waals surface area contributed by atoms with Crippen LogP contribution in [0, 0.1) is 0 Å². The average Bonchev–Trinajstić information content (AvgIpc) is 2.66. The zero-order chi connectivity index (χ0) is 11.7. The number of amides is 1. The third-order valence-corrected chi connectivity index (χ3v) is 2.56. The SMILES string of the molecule is NC(=O)c1cn(-c2ccc(Cl)cc2Cl)cn1. The largest absolute Gasteiger partial charge is 0.364 e. The third kappa shape index (κ3) is 2.03. The molecule has 0 radical (unpaired) electrons. The van der Waals surface area contributed by atoms with E-state index in [0.717, 1.165) is 0 Å². The summed E-state index contributed by atoms with van der Waals surface area (Å²) in [5, 5.41) is 1.02. The van der Waals surface area contributed by atoms with Crippen molar-refractivity contribution in [2.75, 3.05) is 0 Å². The van der Waals surface area contributed by atoms with E-state index in [1.54, 1.807) is 22.8 Å². The van der Waals surface area contributed by atoms with Gasteiger partial charge in [0.25, 0.3) is 5.91 Å². The lowest BCUT2D eigenvalue weighted by Crippen LogP contribution is -2.11. The lowest BCUT2D eigenvalue weighted by Gasteiger charge is -2.04. The summed E-state index contributed by atoms with van der Waals surface area (Å²) in [5.41, 5.74) is 5.97. The van der Waals surface area contributed by atoms with E-state index >= 15 is 0 Å². The molecule has 2 rings (SSSR count). The second-order valence-electron chi connectivity index (χ2n) is 3.13. The fourth-order valence-electron chi connectivity index (χ4n) is 1.27. The maximum atomic E-state index is 10.9. The maximum Gasteiger partial charge on any atom is 0.268 e. The molecule has 0 bridgehead atoms. The number of imidazole rings is 1. The Morgan fingerprint density at radius 1 is 1.38 bits per heavy atom. The molecule has 2 N–H and O–H groups in total. The van der Waals surface area contributed by atoms with Crippen LogP contribution in [0.25, 0.3) is 5.69 Å². The molecular weight excluding hydrogens is 249 g/mol. The molecule has 0 unspecified atom stereocenters. The maximum absolute atomic E-state index is 10.9. The van der Waals surface area contributed by atoms with Crippen molar-refractivity contribution < 1.29 is 4.79 Å². The van der Waals surface area contributed by atoms with Gasteiger partial charge < -0.3 is 10.3 Å². The average molecular weight is 256 g/mol. The number of benzene rings is 1. The van der Waals surface area contributed by atoms with Crippen molar-refractivity contribution in [2.24, 2.45) is 5.73 Å². The summed E-state index contributed by atoms with van der Waals surface area (Å²) in [6.07, 6.45) is 2.98. The second kappa shape index (κ2) is 4.15. The van der Waals surface area contributed by atoms with Gasteiger partial charge in [0.15, 0.2) is 0 Å². The van der Waals surface area contributed by atoms with E-state index in [4.69, 9.17) is 28.9 Å². The zero-order valence-corrected chi connectivity index (χ0v) is 9.53. The monoisotopic (exact) mass is 255 g/mol. The molecule has 0 saturated heterocycles. The van der Waals surface area contributed by atoms with Gasteiger partial charge in [-0.05, 0) is 18.2 Å². The van der Waals surface area contributed by atoms with Crippen molar-refractivity contribution in [3.8, 4) is 5.69 Å². The highest BCUT2D eigenvalue weighted by Gasteiger charge is 2.08. The Bertz CT molecular complexity index is 551. The minimum Gasteiger partial charge on any atom is -0.364 e. The number of nitrogens with two attached hydrogens (primary N) is 1. The van der Waals surface area contributed by atoms with E-state index < -0.39 is 5.91 Å². The zero-order valence-electron chi connectivity index (χ0n) is 8.02. The summed E-state index contributed by atoms with van der Waals surface area (Å²) in [5.74, 6) is -0.580. The van der Waals surface area contributed by atoms with Crippen molar-refractivity contribution in [3.63, 3.8) is 0 Å². The number of carbonyl (C=O) groups is 1. The van der Waals surface area contributed by atoms with Gasteiger partial charge in [-0.2, -0.15) is 0 Å². The summed E-state index contributed by atoms with van der Waals surface area (Å²) >= 11 is 11.8. The Hall–Kier alpha value is -1.52. The molecule has 6 heteroatoms. The minimum atomic E-state index is -0.580. The molecule has 1 aromatic carbocycles. The molecule has 2 aromatic rings. The Labute approximate surface area is 102 Å². The van der Waals surface area contributed by atoms with E-state index in [9.17, 15) is 4.79 Å². The molecule has 0 aliphatic rings. The first kappa shape index (κ1) is 11.0. The van der Waals surface area contributed by atoms with Gasteiger partial charge in [-0.25, -0.2) is 4.98 Å². The molecule has 1 amide bonds. The molecule has 1 aromatic heterocycles. The van der Waals surface area contributed by atoms with E-state index in [-0.39, 0.29) is 5.69 Å². The van der Waals surface area contributed by atoms with E-state index in [1.165, 1.54) is 12.5 Å². The van der Waals surface area contributed by atoms with Crippen molar-refractivity contribution in [2.45, 2.75) is 0 Å². The van der Waals surface area contributed by atoms with Gasteiger partial charge in [-0.1, -0.05) is 23.2 Å². The lowest BCUT2D eigenvalue weighted by atomic mass is 10.3. The number of primary amides is 1. The van der Waals surface area contributed by atoms with E-state index in [2.05, 4.69) is 4.98 Å². The van der Waals surface area contributed by atoms with Crippen LogP contribution >= 0.6 is 23.2 Å². The fraction of sp³-hybridized carbons (Fsp3) is 0. The summed E-state index contributed by atoms with van der Waals surface area (Å²) in [6.45, 7) is 0. The molecule has 4 nitrogen and oxygen atoms in total. The summed E-state index contributed by atoms with van der Waals surface area (Å²) in [4.78, 5) is 14.7. The molecular formula is C10H7Cl2N3O. The highest BCUT2D eigenvalue weighted by atomic mass is 35.5. The Morgan fingerprint density at radius 3 is 2.69 bits per heavy atom. The van der Waals surface area contributed by atoms with Crippen molar-refractivity contribution in [1.82, 2.24) is 9.55 Å². The normalized spacial score (nSPS) is 10.4. The number of hydrogen-bond acceptors (Lipinski definition) is 2. The third-order valence-electron chi connectivity index (χ3n) is 2.02. The van der Waals surface area contributed by atoms with Gasteiger partial charge in [0.2, 0.25) is 0 Å². The van der Waals surface area contributed by atoms with Gasteiger partial charge in [-0.15, -0.1) is 0 Å². The van der Waals surface area contributed by atoms with E-state index in [0.29, 0.717) is 15.7 Å². The Balaban J connectivity index is 2.46. The number of nitrogens with zero attached hydrogens (tertiary/aromatic N) is 2. The number of aromatic nitrogens is 2. The first-order valence-electron chi connectivity index (χ1n) is 4.37. The van der Waals surface area contributed by atoms with Crippen LogP contribution < -0.4 is 5.73 Å². The highest BCUT2D eigenvalue weighted by Crippen LogP contribution is 2.24. The molecule has 0 aliphatic carbocycles. The molecule has 16 heavy (non-hydrogen) atoms. The quantitative estimate of drug-likeness (QED) is 0.895. The lowest BCUT2D eigenvalue weighted by molar-refractivity contribution is 0.0996. The predicted molar refractivity (Wildman–Crippen MR) is 62.1 cm³/mol. The van der Waals surface area contributed by atoms with Crippen molar-refractivity contribution >= 4 is 29.1 Å². The summed E-state index contributed by atoms with van der Waals surface area (Å²) < 4.78 is 1.61. The standard InChI is InChI=1S/C10H7Cl2N3O/c11-6-1-2-9(7(12)3-6)15-4-8(10(13)16)14-5-15/h1-5H,(H2,13,16). The molecule has 0 atom stereocenters. The number of rotatable bonds is 2.